The van der Waals surface area contributed by atoms with Gasteiger partial charge < -0.3 is 5.73 Å². The number of nitro groups is 1. The average molecular weight is 310 g/mol. The van der Waals surface area contributed by atoms with Gasteiger partial charge in [0.2, 0.25) is 0 Å². The highest BCUT2D eigenvalue weighted by molar-refractivity contribution is 5.80. The highest BCUT2D eigenvalue weighted by atomic mass is 16.6. The summed E-state index contributed by atoms with van der Waals surface area (Å²) in [5.74, 6) is 0.176. The van der Waals surface area contributed by atoms with Crippen molar-refractivity contribution in [2.75, 3.05) is 5.73 Å². The largest absolute Gasteiger partial charge is 0.383 e. The Morgan fingerprint density at radius 3 is 2.70 bits per heavy atom. The summed E-state index contributed by atoms with van der Waals surface area (Å²) in [6.07, 6.45) is 2.33. The van der Waals surface area contributed by atoms with Gasteiger partial charge in [0, 0.05) is 23.4 Å². The number of nitrogen functional groups attached to an aromatic ring is 1. The molecule has 6 nitrogen and oxygen atoms in total. The molecule has 0 fully saturated rings. The maximum atomic E-state index is 11.0. The summed E-state index contributed by atoms with van der Waals surface area (Å²) < 4.78 is 0. The van der Waals surface area contributed by atoms with Crippen molar-refractivity contribution in [3.05, 3.63) is 51.2 Å². The van der Waals surface area contributed by atoms with Crippen LogP contribution in [-0.4, -0.2) is 9.91 Å². The third kappa shape index (κ3) is 3.14. The van der Waals surface area contributed by atoms with E-state index in [1.54, 1.807) is 12.1 Å². The van der Waals surface area contributed by atoms with Gasteiger partial charge in [-0.05, 0) is 24.0 Å². The van der Waals surface area contributed by atoms with Crippen molar-refractivity contribution in [3.8, 4) is 17.2 Å². The number of hydrogen-bond acceptors (Lipinski definition) is 5. The van der Waals surface area contributed by atoms with Crippen molar-refractivity contribution in [1.29, 1.82) is 5.26 Å². The molecule has 0 unspecified atom stereocenters. The van der Waals surface area contributed by atoms with E-state index >= 15 is 0 Å². The lowest BCUT2D eigenvalue weighted by molar-refractivity contribution is -0.384. The number of hydrogen-bond donors (Lipinski definition) is 1. The summed E-state index contributed by atoms with van der Waals surface area (Å²) >= 11 is 0. The number of nitriles is 1. The molecule has 0 aliphatic carbocycles. The Bertz CT molecular complexity index is 794. The second kappa shape index (κ2) is 6.88. The van der Waals surface area contributed by atoms with E-state index in [9.17, 15) is 15.4 Å². The number of aromatic nitrogens is 1. The van der Waals surface area contributed by atoms with Gasteiger partial charge in [0.05, 0.1) is 4.92 Å². The molecule has 1 heterocycles. The summed E-state index contributed by atoms with van der Waals surface area (Å²) in [5.41, 5.74) is 9.29. The molecule has 1 aromatic carbocycles. The Balaban J connectivity index is 2.80. The van der Waals surface area contributed by atoms with E-state index in [0.717, 1.165) is 24.1 Å². The van der Waals surface area contributed by atoms with Crippen LogP contribution in [0.4, 0.5) is 11.5 Å². The minimum atomic E-state index is -0.446. The van der Waals surface area contributed by atoms with Gasteiger partial charge in [0.1, 0.15) is 17.5 Å². The lowest BCUT2D eigenvalue weighted by Crippen LogP contribution is -2.07. The Kier molecular flexibility index (Phi) is 4.91. The average Bonchev–Trinajstić information content (AvgIpc) is 2.54. The molecule has 2 aromatic rings. The van der Waals surface area contributed by atoms with Crippen LogP contribution in [0.2, 0.25) is 0 Å². The van der Waals surface area contributed by atoms with Crippen molar-refractivity contribution < 1.29 is 4.92 Å². The molecule has 0 saturated carbocycles. The number of aryl methyl sites for hydroxylation is 1. The zero-order chi connectivity index (χ0) is 17.0. The summed E-state index contributed by atoms with van der Waals surface area (Å²) in [6, 6.07) is 8.38. The molecule has 0 spiro atoms. The summed E-state index contributed by atoms with van der Waals surface area (Å²) in [6.45, 7) is 4.02. The first-order valence-electron chi connectivity index (χ1n) is 7.49. The van der Waals surface area contributed by atoms with Gasteiger partial charge in [-0.3, -0.25) is 10.1 Å². The fourth-order valence-electron chi connectivity index (χ4n) is 2.72. The van der Waals surface area contributed by atoms with Crippen LogP contribution in [0.15, 0.2) is 24.3 Å². The molecule has 0 atom stereocenters. The number of non-ortho nitro benzene ring substituents is 1. The number of anilines is 1. The molecule has 0 radical (unpaired) electrons. The van der Waals surface area contributed by atoms with E-state index in [1.165, 1.54) is 12.1 Å². The van der Waals surface area contributed by atoms with Gasteiger partial charge in [-0.25, -0.2) is 4.98 Å². The molecule has 1 aromatic heterocycles. The summed E-state index contributed by atoms with van der Waals surface area (Å²) in [4.78, 5) is 15.0. The third-order valence-corrected chi connectivity index (χ3v) is 3.71. The van der Waals surface area contributed by atoms with Gasteiger partial charge in [0.15, 0.2) is 0 Å². The van der Waals surface area contributed by atoms with E-state index in [-0.39, 0.29) is 17.1 Å². The zero-order valence-electron chi connectivity index (χ0n) is 13.2. The van der Waals surface area contributed by atoms with Crippen molar-refractivity contribution >= 4 is 11.5 Å². The Labute approximate surface area is 134 Å². The van der Waals surface area contributed by atoms with Crippen LogP contribution in [0.3, 0.4) is 0 Å². The van der Waals surface area contributed by atoms with Gasteiger partial charge in [0.25, 0.3) is 5.69 Å². The second-order valence-electron chi connectivity index (χ2n) is 5.20. The molecule has 118 valence electrons. The lowest BCUT2D eigenvalue weighted by atomic mass is 9.91. The van der Waals surface area contributed by atoms with Crippen molar-refractivity contribution in [2.45, 2.75) is 33.1 Å². The van der Waals surface area contributed by atoms with E-state index in [1.807, 2.05) is 13.8 Å². The molecule has 0 aliphatic heterocycles. The molecule has 0 bridgehead atoms. The number of pyridine rings is 1. The van der Waals surface area contributed by atoms with Crippen LogP contribution in [0.5, 0.6) is 0 Å². The topological polar surface area (TPSA) is 106 Å². The van der Waals surface area contributed by atoms with Crippen LogP contribution in [0, 0.1) is 21.4 Å². The first kappa shape index (κ1) is 16.4. The van der Waals surface area contributed by atoms with Crippen molar-refractivity contribution in [1.82, 2.24) is 4.98 Å². The molecule has 23 heavy (non-hydrogen) atoms. The third-order valence-electron chi connectivity index (χ3n) is 3.71. The number of nitro benzene ring substituents is 1. The summed E-state index contributed by atoms with van der Waals surface area (Å²) in [7, 11) is 0. The first-order valence-corrected chi connectivity index (χ1v) is 7.49. The molecule has 2 rings (SSSR count). The fraction of sp³-hybridized carbons (Fsp3) is 0.294. The molecule has 2 N–H and O–H groups in total. The minimum absolute atomic E-state index is 0.0131. The molecule has 0 aliphatic rings. The van der Waals surface area contributed by atoms with Crippen LogP contribution in [0.1, 0.15) is 37.1 Å². The quantitative estimate of drug-likeness (QED) is 0.670. The Morgan fingerprint density at radius 1 is 1.39 bits per heavy atom. The number of rotatable bonds is 5. The fourth-order valence-corrected chi connectivity index (χ4v) is 2.72. The standard InChI is InChI=1S/C17H18N4O2/c1-3-6-15-13(4-2)16(14(10-18)17(19)20-15)11-7-5-8-12(9-11)21(22)23/h5,7-9H,3-4,6H2,1-2H3,(H2,19,20). The molecule has 0 amide bonds. The molecular weight excluding hydrogens is 292 g/mol. The highest BCUT2D eigenvalue weighted by Crippen LogP contribution is 2.34. The molecule has 0 saturated heterocycles. The predicted octanol–water partition coefficient (Wildman–Crippen LogP) is 3.63. The van der Waals surface area contributed by atoms with E-state index in [0.29, 0.717) is 17.5 Å². The van der Waals surface area contributed by atoms with Gasteiger partial charge in [-0.2, -0.15) is 5.26 Å². The molecule has 6 heteroatoms. The van der Waals surface area contributed by atoms with E-state index in [4.69, 9.17) is 5.73 Å². The zero-order valence-corrected chi connectivity index (χ0v) is 13.2. The lowest BCUT2D eigenvalue weighted by Gasteiger charge is -2.16. The summed E-state index contributed by atoms with van der Waals surface area (Å²) in [5, 5.41) is 20.5. The normalized spacial score (nSPS) is 10.3. The Hall–Kier alpha value is -2.94. The number of nitrogens with zero attached hydrogens (tertiary/aromatic N) is 3. The molecular formula is C17H18N4O2. The van der Waals surface area contributed by atoms with Gasteiger partial charge in [-0.1, -0.05) is 32.4 Å². The SMILES string of the molecule is CCCc1nc(N)c(C#N)c(-c2cccc([N+](=O)[O-])c2)c1CC. The van der Waals surface area contributed by atoms with Crippen molar-refractivity contribution in [3.63, 3.8) is 0 Å². The number of benzene rings is 1. The Morgan fingerprint density at radius 2 is 2.13 bits per heavy atom. The van der Waals surface area contributed by atoms with Crippen LogP contribution >= 0.6 is 0 Å². The maximum absolute atomic E-state index is 11.0. The van der Waals surface area contributed by atoms with Gasteiger partial charge in [-0.15, -0.1) is 0 Å². The second-order valence-corrected chi connectivity index (χ2v) is 5.20. The van der Waals surface area contributed by atoms with E-state index in [2.05, 4.69) is 11.1 Å². The maximum Gasteiger partial charge on any atom is 0.270 e. The smallest absolute Gasteiger partial charge is 0.270 e. The number of nitrogens with two attached hydrogens (primary N) is 1. The van der Waals surface area contributed by atoms with Crippen LogP contribution in [0.25, 0.3) is 11.1 Å². The minimum Gasteiger partial charge on any atom is -0.383 e. The predicted molar refractivity (Wildman–Crippen MR) is 88.8 cm³/mol. The van der Waals surface area contributed by atoms with Crippen molar-refractivity contribution in [2.24, 2.45) is 0 Å². The monoisotopic (exact) mass is 310 g/mol. The highest BCUT2D eigenvalue weighted by Gasteiger charge is 2.20. The van der Waals surface area contributed by atoms with Gasteiger partial charge >= 0.3 is 0 Å². The first-order chi connectivity index (χ1) is 11.0. The van der Waals surface area contributed by atoms with Crippen LogP contribution in [-0.2, 0) is 12.8 Å². The van der Waals surface area contributed by atoms with Crippen LogP contribution < -0.4 is 5.73 Å². The van der Waals surface area contributed by atoms with E-state index < -0.39 is 4.92 Å².